The maximum absolute atomic E-state index is 13.6. The summed E-state index contributed by atoms with van der Waals surface area (Å²) in [5.74, 6) is 1.10. The second-order valence-electron chi connectivity index (χ2n) is 4.56. The number of halogens is 2. The molecule has 0 aliphatic heterocycles. The van der Waals surface area contributed by atoms with E-state index in [0.29, 0.717) is 22.4 Å². The molecule has 88 valence electrons. The molecular formula is C13H17ClFN. The highest BCUT2D eigenvalue weighted by Gasteiger charge is 2.31. The summed E-state index contributed by atoms with van der Waals surface area (Å²) in [6.45, 7) is 1.02. The van der Waals surface area contributed by atoms with Crippen molar-refractivity contribution in [3.8, 4) is 0 Å². The molecule has 1 N–H and O–H groups in total. The quantitative estimate of drug-likeness (QED) is 0.853. The fraction of sp³-hybridized carbons (Fsp3) is 0.538. The van der Waals surface area contributed by atoms with Crippen LogP contribution in [0.2, 0.25) is 5.02 Å². The molecule has 0 spiro atoms. The van der Waals surface area contributed by atoms with E-state index in [1.807, 2.05) is 7.05 Å². The summed E-state index contributed by atoms with van der Waals surface area (Å²) in [5.41, 5.74) is 0.690. The Morgan fingerprint density at radius 2 is 2.12 bits per heavy atom. The first-order valence-corrected chi connectivity index (χ1v) is 6.17. The van der Waals surface area contributed by atoms with Gasteiger partial charge in [0.25, 0.3) is 0 Å². The second-order valence-corrected chi connectivity index (χ2v) is 4.97. The third kappa shape index (κ3) is 2.38. The molecule has 2 atom stereocenters. The molecule has 16 heavy (non-hydrogen) atoms. The van der Waals surface area contributed by atoms with E-state index in [1.54, 1.807) is 12.1 Å². The molecule has 2 rings (SSSR count). The van der Waals surface area contributed by atoms with Crippen molar-refractivity contribution in [3.05, 3.63) is 34.6 Å². The average molecular weight is 242 g/mol. The first kappa shape index (κ1) is 11.9. The molecule has 0 amide bonds. The highest BCUT2D eigenvalue weighted by molar-refractivity contribution is 6.31. The van der Waals surface area contributed by atoms with Crippen molar-refractivity contribution in [2.45, 2.75) is 19.3 Å². The standard InChI is InChI=1S/C13H17ClFN/c1-16-8-10-6-5-9(10)7-11-12(14)3-2-4-13(11)15/h2-4,9-10,16H,5-8H2,1H3. The van der Waals surface area contributed by atoms with Crippen molar-refractivity contribution < 1.29 is 4.39 Å². The Morgan fingerprint density at radius 1 is 1.38 bits per heavy atom. The normalized spacial score (nSPS) is 24.2. The van der Waals surface area contributed by atoms with Gasteiger partial charge >= 0.3 is 0 Å². The molecular weight excluding hydrogens is 225 g/mol. The average Bonchev–Trinajstić information content (AvgIpc) is 2.24. The van der Waals surface area contributed by atoms with Crippen LogP contribution in [0.3, 0.4) is 0 Å². The van der Waals surface area contributed by atoms with Crippen molar-refractivity contribution >= 4 is 11.6 Å². The lowest BCUT2D eigenvalue weighted by molar-refractivity contribution is 0.172. The largest absolute Gasteiger partial charge is 0.319 e. The van der Waals surface area contributed by atoms with E-state index in [-0.39, 0.29) is 5.82 Å². The van der Waals surface area contributed by atoms with Crippen LogP contribution in [0.25, 0.3) is 0 Å². The molecule has 2 unspecified atom stereocenters. The Hall–Kier alpha value is -0.600. The molecule has 0 heterocycles. The predicted molar refractivity (Wildman–Crippen MR) is 65.3 cm³/mol. The van der Waals surface area contributed by atoms with E-state index in [2.05, 4.69) is 5.32 Å². The van der Waals surface area contributed by atoms with Gasteiger partial charge in [0.1, 0.15) is 5.82 Å². The number of hydrogen-bond acceptors (Lipinski definition) is 1. The van der Waals surface area contributed by atoms with Gasteiger partial charge in [0, 0.05) is 10.6 Å². The van der Waals surface area contributed by atoms with E-state index in [9.17, 15) is 4.39 Å². The topological polar surface area (TPSA) is 12.0 Å². The van der Waals surface area contributed by atoms with Gasteiger partial charge in [0.15, 0.2) is 0 Å². The Bertz CT molecular complexity index is 347. The van der Waals surface area contributed by atoms with E-state index in [4.69, 9.17) is 11.6 Å². The Morgan fingerprint density at radius 3 is 2.69 bits per heavy atom. The minimum atomic E-state index is -0.164. The summed E-state index contributed by atoms with van der Waals surface area (Å²) >= 11 is 6.02. The van der Waals surface area contributed by atoms with Gasteiger partial charge in [-0.1, -0.05) is 17.7 Å². The van der Waals surface area contributed by atoms with Crippen LogP contribution in [0.4, 0.5) is 4.39 Å². The Kier molecular flexibility index (Phi) is 3.82. The number of hydrogen-bond donors (Lipinski definition) is 1. The second kappa shape index (κ2) is 5.15. The van der Waals surface area contributed by atoms with Gasteiger partial charge in [-0.15, -0.1) is 0 Å². The summed E-state index contributed by atoms with van der Waals surface area (Å²) in [6, 6.07) is 4.92. The summed E-state index contributed by atoms with van der Waals surface area (Å²) in [6.07, 6.45) is 3.21. The Labute approximate surface area is 101 Å². The minimum Gasteiger partial charge on any atom is -0.319 e. The number of rotatable bonds is 4. The number of nitrogens with one attached hydrogen (secondary N) is 1. The zero-order valence-electron chi connectivity index (χ0n) is 9.47. The summed E-state index contributed by atoms with van der Waals surface area (Å²) in [7, 11) is 1.96. The third-order valence-electron chi connectivity index (χ3n) is 3.57. The maximum Gasteiger partial charge on any atom is 0.127 e. The van der Waals surface area contributed by atoms with Crippen molar-refractivity contribution in [2.75, 3.05) is 13.6 Å². The molecule has 0 saturated heterocycles. The first-order valence-electron chi connectivity index (χ1n) is 5.80. The van der Waals surface area contributed by atoms with Crippen LogP contribution in [0.15, 0.2) is 18.2 Å². The van der Waals surface area contributed by atoms with Crippen LogP contribution >= 0.6 is 11.6 Å². The zero-order valence-corrected chi connectivity index (χ0v) is 10.2. The third-order valence-corrected chi connectivity index (χ3v) is 3.92. The van der Waals surface area contributed by atoms with Crippen LogP contribution < -0.4 is 5.32 Å². The predicted octanol–water partition coefficient (Wildman–Crippen LogP) is 3.27. The molecule has 1 saturated carbocycles. The molecule has 1 fully saturated rings. The van der Waals surface area contributed by atoms with Crippen LogP contribution in [-0.2, 0) is 6.42 Å². The lowest BCUT2D eigenvalue weighted by atomic mass is 9.70. The zero-order chi connectivity index (χ0) is 11.5. The molecule has 1 aliphatic carbocycles. The summed E-state index contributed by atoms with van der Waals surface area (Å²) < 4.78 is 13.6. The summed E-state index contributed by atoms with van der Waals surface area (Å²) in [4.78, 5) is 0. The van der Waals surface area contributed by atoms with Crippen LogP contribution in [0.5, 0.6) is 0 Å². The molecule has 1 aliphatic rings. The lowest BCUT2D eigenvalue weighted by Crippen LogP contribution is -2.35. The molecule has 1 aromatic carbocycles. The fourth-order valence-electron chi connectivity index (χ4n) is 2.43. The van der Waals surface area contributed by atoms with Crippen LogP contribution in [-0.4, -0.2) is 13.6 Å². The molecule has 0 radical (unpaired) electrons. The van der Waals surface area contributed by atoms with Gasteiger partial charge in [0.2, 0.25) is 0 Å². The molecule has 0 aromatic heterocycles. The molecule has 3 heteroatoms. The molecule has 1 aromatic rings. The smallest absolute Gasteiger partial charge is 0.127 e. The van der Waals surface area contributed by atoms with Crippen LogP contribution in [0, 0.1) is 17.7 Å². The molecule has 0 bridgehead atoms. The fourth-order valence-corrected chi connectivity index (χ4v) is 2.67. The first-order chi connectivity index (χ1) is 7.72. The monoisotopic (exact) mass is 241 g/mol. The van der Waals surface area contributed by atoms with Crippen molar-refractivity contribution in [3.63, 3.8) is 0 Å². The van der Waals surface area contributed by atoms with E-state index in [1.165, 1.54) is 18.9 Å². The van der Waals surface area contributed by atoms with Gasteiger partial charge in [-0.25, -0.2) is 4.39 Å². The van der Waals surface area contributed by atoms with E-state index < -0.39 is 0 Å². The van der Waals surface area contributed by atoms with E-state index in [0.717, 1.165) is 13.0 Å². The van der Waals surface area contributed by atoms with Gasteiger partial charge in [-0.3, -0.25) is 0 Å². The van der Waals surface area contributed by atoms with Crippen LogP contribution in [0.1, 0.15) is 18.4 Å². The maximum atomic E-state index is 13.6. The highest BCUT2D eigenvalue weighted by Crippen LogP contribution is 2.38. The van der Waals surface area contributed by atoms with Gasteiger partial charge < -0.3 is 5.32 Å². The lowest BCUT2D eigenvalue weighted by Gasteiger charge is -2.37. The number of benzene rings is 1. The molecule has 1 nitrogen and oxygen atoms in total. The van der Waals surface area contributed by atoms with E-state index >= 15 is 0 Å². The van der Waals surface area contributed by atoms with Gasteiger partial charge in [0.05, 0.1) is 0 Å². The van der Waals surface area contributed by atoms with Crippen molar-refractivity contribution in [1.82, 2.24) is 5.32 Å². The minimum absolute atomic E-state index is 0.164. The summed E-state index contributed by atoms with van der Waals surface area (Å²) in [5, 5.41) is 3.75. The Balaban J connectivity index is 2.04. The van der Waals surface area contributed by atoms with Crippen molar-refractivity contribution in [1.29, 1.82) is 0 Å². The van der Waals surface area contributed by atoms with Gasteiger partial charge in [-0.05, 0) is 56.8 Å². The highest BCUT2D eigenvalue weighted by atomic mass is 35.5. The SMILES string of the molecule is CNCC1CCC1Cc1c(F)cccc1Cl. The van der Waals surface area contributed by atoms with Gasteiger partial charge in [-0.2, -0.15) is 0 Å². The van der Waals surface area contributed by atoms with Crippen molar-refractivity contribution in [2.24, 2.45) is 11.8 Å².